The summed E-state index contributed by atoms with van der Waals surface area (Å²) in [5.41, 5.74) is 5.53. The third-order valence-electron chi connectivity index (χ3n) is 41.5. The molecule has 30 aliphatic rings. The summed E-state index contributed by atoms with van der Waals surface area (Å²) in [6.45, 7) is 9.09. The van der Waals surface area contributed by atoms with Crippen molar-refractivity contribution in [3.63, 3.8) is 0 Å². The number of carbonyl (C=O) groups excluding carboxylic acids is 10. The van der Waals surface area contributed by atoms with Gasteiger partial charge in [-0.25, -0.2) is 0 Å². The Balaban J connectivity index is 0.0000000920. The molecule has 0 aromatic rings. The van der Waals surface area contributed by atoms with Crippen molar-refractivity contribution in [3.05, 3.63) is 0 Å². The Hall–Kier alpha value is -3.49. The minimum atomic E-state index is -0.217. The van der Waals surface area contributed by atoms with Gasteiger partial charge in [0.25, 0.3) is 0 Å². The second-order valence-corrected chi connectivity index (χ2v) is 63.4. The molecule has 43 atom stereocenters. The fourth-order valence-corrected chi connectivity index (χ4v) is 42.9. The third-order valence-corrected chi connectivity index (χ3v) is 51.8. The summed E-state index contributed by atoms with van der Waals surface area (Å²) in [6, 6.07) is 3.95. The summed E-state index contributed by atoms with van der Waals surface area (Å²) < 4.78 is 104. The molecular weight excluding hydrogens is 1950 g/mol. The van der Waals surface area contributed by atoms with E-state index in [1.165, 1.54) is 209 Å². The summed E-state index contributed by atoms with van der Waals surface area (Å²) in [4.78, 5) is 114. The third kappa shape index (κ3) is 18.8. The summed E-state index contributed by atoms with van der Waals surface area (Å²) in [5.74, 6) is 7.33. The molecule has 43 unspecified atom stereocenters. The van der Waals surface area contributed by atoms with E-state index in [0.29, 0.717) is 210 Å². The summed E-state index contributed by atoms with van der Waals surface area (Å²) >= 11 is 0. The zero-order valence-corrected chi connectivity index (χ0v) is 104. The molecule has 22 saturated heterocycles. The maximum absolute atomic E-state index is 12.0. The van der Waals surface area contributed by atoms with Crippen molar-refractivity contribution < 1.29 is 138 Å². The Bertz CT molecular complexity index is 4530. The highest BCUT2D eigenvalue weighted by Gasteiger charge is 2.70. The number of ether oxygens (including phenoxy) is 19. The number of rotatable bonds is 12. The molecule has 7 spiro atoms. The van der Waals surface area contributed by atoms with Crippen molar-refractivity contribution in [1.29, 1.82) is 0 Å². The lowest BCUT2D eigenvalue weighted by atomic mass is 9.71. The monoisotopic (exact) mass is 2100 g/mol. The zero-order chi connectivity index (χ0) is 96.7. The van der Waals surface area contributed by atoms with Crippen LogP contribution in [0.4, 0.5) is 0 Å². The normalized spacial score (nSPS) is 50.6. The summed E-state index contributed by atoms with van der Waals surface area (Å²) in [6.07, 6.45) is 38.4. The Morgan fingerprint density at radius 2 is 0.813 bits per heavy atom. The van der Waals surface area contributed by atoms with E-state index < -0.39 is 0 Å². The van der Waals surface area contributed by atoms with Crippen molar-refractivity contribution in [2.45, 2.75) is 348 Å². The van der Waals surface area contributed by atoms with Crippen LogP contribution in [0.1, 0.15) is 199 Å². The fourth-order valence-electron chi connectivity index (χ4n) is 34.5. The lowest BCUT2D eigenvalue weighted by Gasteiger charge is -2.36. The van der Waals surface area contributed by atoms with Crippen LogP contribution in [0.3, 0.4) is 0 Å². The van der Waals surface area contributed by atoms with Crippen LogP contribution in [0, 0.1) is 121 Å². The van der Waals surface area contributed by atoms with Crippen molar-refractivity contribution in [1.82, 2.24) is 0 Å². The van der Waals surface area contributed by atoms with E-state index >= 15 is 0 Å². The minimum Gasteiger partial charge on any atom is -0.465 e. The van der Waals surface area contributed by atoms with Gasteiger partial charge >= 0.3 is 59.7 Å². The van der Waals surface area contributed by atoms with E-state index in [1.54, 1.807) is 0 Å². The van der Waals surface area contributed by atoms with Gasteiger partial charge < -0.3 is 90.0 Å². The first-order chi connectivity index (χ1) is 66.9. The molecule has 0 aromatic carbocycles. The molecule has 139 heavy (non-hydrogen) atoms. The molecule has 22 heterocycles. The van der Waals surface area contributed by atoms with Crippen LogP contribution >= 0.6 is 0 Å². The van der Waals surface area contributed by atoms with Gasteiger partial charge in [0.05, 0.1) is 204 Å². The maximum Gasteiger partial charge on any atom is 0.314 e. The van der Waals surface area contributed by atoms with Gasteiger partial charge in [-0.15, -0.1) is 0 Å². The molecule has 0 radical (unpaired) electrons. The first-order valence-electron chi connectivity index (χ1n) is 55.3. The van der Waals surface area contributed by atoms with Crippen molar-refractivity contribution in [3.8, 4) is 0 Å². The second-order valence-electron chi connectivity index (χ2n) is 50.0. The topological polar surface area (TPSA) is 346 Å². The van der Waals surface area contributed by atoms with E-state index in [9.17, 15) is 47.9 Å². The highest BCUT2D eigenvalue weighted by Crippen LogP contribution is 2.67. The number of cyclic esters (lactones) is 10. The molecule has 22 aliphatic heterocycles. The van der Waals surface area contributed by atoms with Crippen LogP contribution in [0.15, 0.2) is 0 Å². The predicted molar refractivity (Wildman–Crippen MR) is 540 cm³/mol. The number of fused-ring (bicyclic) bond motifs is 36. The number of esters is 10. The molecule has 8 aliphatic carbocycles. The molecule has 0 amide bonds. The highest BCUT2D eigenvalue weighted by molar-refractivity contribution is 6.15. The first kappa shape index (κ1) is 101. The van der Waals surface area contributed by atoms with Crippen LogP contribution in [0.25, 0.3) is 0 Å². The van der Waals surface area contributed by atoms with Gasteiger partial charge in [0.2, 0.25) is 0 Å². The summed E-state index contributed by atoms with van der Waals surface area (Å²) in [7, 11) is 12.2. The van der Waals surface area contributed by atoms with Crippen molar-refractivity contribution in [2.24, 2.45) is 121 Å². The molecule has 30 rings (SSSR count). The Morgan fingerprint density at radius 3 is 1.33 bits per heavy atom. The quantitative estimate of drug-likeness (QED) is 0.102. The molecule has 0 aromatic heterocycles. The Morgan fingerprint density at radius 1 is 0.309 bits per heavy atom. The molecule has 8 saturated carbocycles. The van der Waals surface area contributed by atoms with Gasteiger partial charge in [-0.2, -0.15) is 0 Å². The smallest absolute Gasteiger partial charge is 0.314 e. The zero-order valence-electron chi connectivity index (χ0n) is 84.4. The molecule has 39 heteroatoms. The second kappa shape index (κ2) is 40.8. The number of carbonyl (C=O) groups is 10. The van der Waals surface area contributed by atoms with E-state index in [1.807, 2.05) is 0 Å². The van der Waals surface area contributed by atoms with E-state index in [4.69, 9.17) is 90.0 Å². The van der Waals surface area contributed by atoms with E-state index in [2.05, 4.69) is 0 Å². The molecule has 29 nitrogen and oxygen atoms in total. The van der Waals surface area contributed by atoms with Gasteiger partial charge in [-0.3, -0.25) is 47.9 Å². The summed E-state index contributed by atoms with van der Waals surface area (Å²) in [5, 5.41) is 0. The highest BCUT2D eigenvalue weighted by atomic mass is 28.2. The van der Waals surface area contributed by atoms with Gasteiger partial charge in [0.15, 0.2) is 0 Å². The molecule has 774 valence electrons. The van der Waals surface area contributed by atoms with Crippen LogP contribution in [-0.2, 0) is 138 Å². The molecule has 20 bridgehead atoms. The maximum atomic E-state index is 12.0. The largest absolute Gasteiger partial charge is 0.465 e. The average molecular weight is 2110 g/mol. The van der Waals surface area contributed by atoms with E-state index in [0.717, 1.165) is 163 Å². The first-order valence-corrected chi connectivity index (χ1v) is 67.6. The molecule has 30 fully saturated rings. The van der Waals surface area contributed by atoms with Gasteiger partial charge in [0, 0.05) is 180 Å². The number of hydrogen-bond acceptors (Lipinski definition) is 29. The lowest BCUT2D eigenvalue weighted by Crippen LogP contribution is -2.40. The Labute approximate surface area is 848 Å². The molecular formula is C100H160O29Si10. The lowest BCUT2D eigenvalue weighted by molar-refractivity contribution is -0.152. The minimum absolute atomic E-state index is 0.00644. The SMILES string of the molecule is O=C1CC2(CO1)CC1CC(OCCC[SiH3])C2C1.O=C1CC2(CO1)CC1CC([SiH3])C2O1.O=C1CC2(CO1)CC1CC2CC1[SiH3].O=C1CC2(CO1)CC1OC2CC1[SiH3].O=C1OCC2C3CC(OCCC[SiH3])C(C3)C12.O=C1OCC2C3CC([SiH3])C(O3)C12.O=C1OCC2C3OC(CC3[SiH3])C12.O=C1OCCC12CC1CC(OCCC[SiH3])C2C1.O=C1OCCC12CC1CC([SiH3])C2O1.O=C1OCCC12CC1OC2CC1[SiH3]. The Kier molecular flexibility index (Phi) is 29.7. The van der Waals surface area contributed by atoms with Crippen LogP contribution in [0.5, 0.6) is 0 Å². The van der Waals surface area contributed by atoms with Gasteiger partial charge in [-0.05, 0) is 235 Å². The predicted octanol–water partition coefficient (Wildman–Crippen LogP) is -0.564. The van der Waals surface area contributed by atoms with Crippen LogP contribution in [-0.4, -0.2) is 340 Å². The average Bonchev–Trinajstić information content (AvgIpc) is 1.56. The van der Waals surface area contributed by atoms with Crippen molar-refractivity contribution >= 4 is 162 Å². The van der Waals surface area contributed by atoms with Crippen molar-refractivity contribution in [2.75, 3.05) is 85.9 Å². The van der Waals surface area contributed by atoms with Crippen LogP contribution < -0.4 is 0 Å². The van der Waals surface area contributed by atoms with Gasteiger partial charge in [-0.1, -0.05) is 23.7 Å². The van der Waals surface area contributed by atoms with E-state index in [-0.39, 0.29) is 134 Å². The number of hydrogen-bond donors (Lipinski definition) is 0. The fraction of sp³-hybridized carbons (Fsp3) is 0.900. The standard InChI is InChI=1S/2C13H22O3Si.C12H20O3Si.C10H16O2Si.4C9H14O3Si.2C8H12O3Si/c14-12-13(2-4-16-12)8-9-6-10(13)11(7-9)15-3-1-5-17;14-12-7-13(8-16-12)6-9-4-10(13)11(5-9)15-2-1-3-17;13-12-11-8-4-7(9(11)6-15-12)5-10(8)14-2-1-3-16;11-9-4-10(5-12-9)3-6-1-7(10)2-8(6)13;10-8-3-9(4-11-8)2-5-6(13)1-7(9)12-5;10-7-3-9(4-11-7)2-5-1-6(13)8(9)12-5;10-8-9(1-2-11-8)4-5-6(13)3-7(9)12-5;10-8-9(1-2-11-8)4-5-3-6(13)7(9)12-5;9-8-6-3(2-10-8)7-5(12)1-4(6)11-7;9-8-6-3(2-10-8)4-1-5(12)7(6)11-4/h2*9-11H,1-8H2,17H3;7-11H,1-6H2,16H3;6-8H,1-5H2,13H3;5-7H,1-4H2,13H3;5-6,8H,1-4H2,13H3;2*5-7H,1-4H2,13H3;2*3-7H,1-2H2,12H3. The van der Waals surface area contributed by atoms with Crippen LogP contribution in [0.2, 0.25) is 56.9 Å². The van der Waals surface area contributed by atoms with Gasteiger partial charge in [0.1, 0.15) is 13.2 Å². The molecule has 0 N–H and O–H groups in total.